The molecule has 0 bridgehead atoms. The van der Waals surface area contributed by atoms with E-state index in [1.165, 1.54) is 28.6 Å². The van der Waals surface area contributed by atoms with E-state index in [1.54, 1.807) is 13.1 Å². The topological polar surface area (TPSA) is 116 Å². The number of rotatable bonds is 8. The highest BCUT2D eigenvalue weighted by molar-refractivity contribution is 7.89. The average molecular weight is 499 g/mol. The maximum atomic E-state index is 13.0. The number of oxazole rings is 1. The average Bonchev–Trinajstić information content (AvgIpc) is 3.37. The highest BCUT2D eigenvalue weighted by Crippen LogP contribution is 2.26. The molecule has 10 heteroatoms. The number of carbonyl (C=O) groups excluding carboxylic acids is 2. The molecule has 0 spiro atoms. The van der Waals surface area contributed by atoms with Crippen molar-refractivity contribution in [2.24, 2.45) is 5.92 Å². The fraction of sp³-hybridized carbons (Fsp3) is 0.320. The van der Waals surface area contributed by atoms with Gasteiger partial charge in [-0.25, -0.2) is 18.2 Å². The summed E-state index contributed by atoms with van der Waals surface area (Å²) in [6.07, 6.45) is 2.28. The molecule has 1 aliphatic heterocycles. The molecule has 0 unspecified atom stereocenters. The lowest BCUT2D eigenvalue weighted by Gasteiger charge is -2.30. The van der Waals surface area contributed by atoms with Crippen LogP contribution in [0.3, 0.4) is 0 Å². The summed E-state index contributed by atoms with van der Waals surface area (Å²) < 4.78 is 43.2. The van der Waals surface area contributed by atoms with Crippen molar-refractivity contribution in [2.45, 2.75) is 31.3 Å². The molecule has 9 nitrogen and oxygen atoms in total. The first-order valence-corrected chi connectivity index (χ1v) is 12.8. The molecule has 1 aromatic heterocycles. The molecule has 0 aliphatic carbocycles. The molecule has 0 atom stereocenters. The number of esters is 2. The lowest BCUT2D eigenvalue weighted by atomic mass is 9.98. The van der Waals surface area contributed by atoms with Crippen LogP contribution < -0.4 is 0 Å². The van der Waals surface area contributed by atoms with Crippen LogP contribution in [0, 0.1) is 5.92 Å². The molecule has 184 valence electrons. The molecule has 1 fully saturated rings. The first-order valence-electron chi connectivity index (χ1n) is 11.3. The van der Waals surface area contributed by atoms with Crippen LogP contribution in [0.25, 0.3) is 11.3 Å². The van der Waals surface area contributed by atoms with Crippen LogP contribution in [0.5, 0.6) is 0 Å². The minimum absolute atomic E-state index is 0.0863. The molecule has 0 amide bonds. The molecule has 0 saturated carbocycles. The van der Waals surface area contributed by atoms with E-state index >= 15 is 0 Å². The summed E-state index contributed by atoms with van der Waals surface area (Å²) in [5.41, 5.74) is 1.16. The minimum atomic E-state index is -3.74. The normalized spacial score (nSPS) is 15.0. The van der Waals surface area contributed by atoms with Crippen LogP contribution in [0.4, 0.5) is 0 Å². The number of hydrogen-bond donors (Lipinski definition) is 0. The third-order valence-corrected chi connectivity index (χ3v) is 7.65. The Kier molecular flexibility index (Phi) is 7.62. The molecular weight excluding hydrogens is 472 g/mol. The molecule has 3 aromatic rings. The zero-order valence-electron chi connectivity index (χ0n) is 19.3. The maximum Gasteiger partial charge on any atom is 0.338 e. The predicted molar refractivity (Wildman–Crippen MR) is 126 cm³/mol. The van der Waals surface area contributed by atoms with Crippen LogP contribution in [0.1, 0.15) is 36.0 Å². The summed E-state index contributed by atoms with van der Waals surface area (Å²) >= 11 is 0. The van der Waals surface area contributed by atoms with Gasteiger partial charge in [0, 0.05) is 18.7 Å². The Morgan fingerprint density at radius 1 is 1.03 bits per heavy atom. The van der Waals surface area contributed by atoms with E-state index in [1.807, 2.05) is 30.3 Å². The summed E-state index contributed by atoms with van der Waals surface area (Å²) in [6, 6.07) is 15.1. The molecule has 2 heterocycles. The Bertz CT molecular complexity index is 1260. The van der Waals surface area contributed by atoms with Crippen LogP contribution >= 0.6 is 0 Å². The quantitative estimate of drug-likeness (QED) is 0.432. The van der Waals surface area contributed by atoms with Gasteiger partial charge in [-0.2, -0.15) is 4.31 Å². The number of hydrogen-bond acceptors (Lipinski definition) is 8. The molecule has 2 aromatic carbocycles. The first-order chi connectivity index (χ1) is 16.9. The smallest absolute Gasteiger partial charge is 0.338 e. The summed E-state index contributed by atoms with van der Waals surface area (Å²) in [6.45, 7) is 2.24. The van der Waals surface area contributed by atoms with E-state index in [2.05, 4.69) is 4.98 Å². The molecule has 1 saturated heterocycles. The Morgan fingerprint density at radius 3 is 2.37 bits per heavy atom. The van der Waals surface area contributed by atoms with Gasteiger partial charge in [-0.3, -0.25) is 4.79 Å². The number of benzene rings is 2. The van der Waals surface area contributed by atoms with Gasteiger partial charge in [0.1, 0.15) is 0 Å². The largest absolute Gasteiger partial charge is 0.462 e. The zero-order valence-corrected chi connectivity index (χ0v) is 20.1. The molecule has 1 aliphatic rings. The van der Waals surface area contributed by atoms with Gasteiger partial charge in [-0.1, -0.05) is 30.3 Å². The number of sulfonamides is 1. The Morgan fingerprint density at radius 2 is 1.71 bits per heavy atom. The Balaban J connectivity index is 1.29. The second-order valence-corrected chi connectivity index (χ2v) is 9.95. The summed E-state index contributed by atoms with van der Waals surface area (Å²) in [7, 11) is -3.74. The third kappa shape index (κ3) is 5.77. The summed E-state index contributed by atoms with van der Waals surface area (Å²) in [5, 5.41) is 0. The second kappa shape index (κ2) is 10.8. The van der Waals surface area contributed by atoms with Crippen molar-refractivity contribution in [3.8, 4) is 11.3 Å². The van der Waals surface area contributed by atoms with Crippen LogP contribution in [-0.2, 0) is 30.9 Å². The molecular formula is C25H26N2O7S. The zero-order chi connectivity index (χ0) is 24.8. The third-order valence-electron chi connectivity index (χ3n) is 5.74. The highest BCUT2D eigenvalue weighted by Gasteiger charge is 2.33. The van der Waals surface area contributed by atoms with Crippen LogP contribution in [0.2, 0.25) is 0 Å². The van der Waals surface area contributed by atoms with Crippen LogP contribution in [-0.4, -0.2) is 49.3 Å². The summed E-state index contributed by atoms with van der Waals surface area (Å²) in [4.78, 5) is 28.5. The Hall–Kier alpha value is -3.50. The van der Waals surface area contributed by atoms with Gasteiger partial charge in [0.25, 0.3) is 0 Å². The van der Waals surface area contributed by atoms with Crippen molar-refractivity contribution in [1.82, 2.24) is 9.29 Å². The minimum Gasteiger partial charge on any atom is -0.462 e. The lowest BCUT2D eigenvalue weighted by molar-refractivity contribution is -0.151. The van der Waals surface area contributed by atoms with Gasteiger partial charge < -0.3 is 13.9 Å². The number of carbonyl (C=O) groups is 2. The molecule has 0 N–H and O–H groups in total. The second-order valence-electron chi connectivity index (χ2n) is 8.02. The van der Waals surface area contributed by atoms with Gasteiger partial charge >= 0.3 is 11.9 Å². The van der Waals surface area contributed by atoms with Gasteiger partial charge in [-0.05, 0) is 44.0 Å². The van der Waals surface area contributed by atoms with Gasteiger partial charge in [-0.15, -0.1) is 0 Å². The molecule has 35 heavy (non-hydrogen) atoms. The highest BCUT2D eigenvalue weighted by atomic mass is 32.2. The van der Waals surface area contributed by atoms with Crippen molar-refractivity contribution < 1.29 is 31.9 Å². The standard InChI is InChI=1S/C25H26N2O7S/c1-2-32-24(28)19-8-10-21(11-9-19)35(30,31)27-14-12-20(13-15-27)25(29)33-17-23-26-16-22(34-23)18-6-4-3-5-7-18/h3-11,16,20H,2,12-15,17H2,1H3. The first kappa shape index (κ1) is 24.6. The van der Waals surface area contributed by atoms with E-state index in [9.17, 15) is 18.0 Å². The van der Waals surface area contributed by atoms with E-state index in [0.717, 1.165) is 5.56 Å². The van der Waals surface area contributed by atoms with Crippen molar-refractivity contribution >= 4 is 22.0 Å². The molecule has 0 radical (unpaired) electrons. The van der Waals surface area contributed by atoms with Gasteiger partial charge in [0.15, 0.2) is 12.4 Å². The van der Waals surface area contributed by atoms with E-state index in [4.69, 9.17) is 13.9 Å². The predicted octanol–water partition coefficient (Wildman–Crippen LogP) is 3.66. The maximum absolute atomic E-state index is 13.0. The van der Waals surface area contributed by atoms with E-state index in [0.29, 0.717) is 24.5 Å². The van der Waals surface area contributed by atoms with Crippen LogP contribution in [0.15, 0.2) is 70.1 Å². The Labute approximate surface area is 203 Å². The number of nitrogens with zero attached hydrogens (tertiary/aromatic N) is 2. The van der Waals surface area contributed by atoms with Crippen molar-refractivity contribution in [3.05, 3.63) is 72.2 Å². The molecule has 4 rings (SSSR count). The fourth-order valence-electron chi connectivity index (χ4n) is 3.82. The number of aromatic nitrogens is 1. The van der Waals surface area contributed by atoms with Gasteiger partial charge in [0.2, 0.25) is 15.9 Å². The fourth-order valence-corrected chi connectivity index (χ4v) is 5.29. The van der Waals surface area contributed by atoms with E-state index < -0.39 is 27.9 Å². The number of piperidine rings is 1. The lowest BCUT2D eigenvalue weighted by Crippen LogP contribution is -2.40. The number of ether oxygens (including phenoxy) is 2. The SMILES string of the molecule is CCOC(=O)c1ccc(S(=O)(=O)N2CCC(C(=O)OCc3ncc(-c4ccccc4)o3)CC2)cc1. The van der Waals surface area contributed by atoms with Crippen molar-refractivity contribution in [2.75, 3.05) is 19.7 Å². The monoisotopic (exact) mass is 498 g/mol. The van der Waals surface area contributed by atoms with Gasteiger partial charge in [0.05, 0.1) is 29.2 Å². The van der Waals surface area contributed by atoms with Crippen molar-refractivity contribution in [3.63, 3.8) is 0 Å². The summed E-state index contributed by atoms with van der Waals surface area (Å²) in [5.74, 6) is -0.428. The van der Waals surface area contributed by atoms with Crippen molar-refractivity contribution in [1.29, 1.82) is 0 Å². The van der Waals surface area contributed by atoms with E-state index in [-0.39, 0.29) is 36.8 Å².